The summed E-state index contributed by atoms with van der Waals surface area (Å²) < 4.78 is 2.39. The first-order valence-corrected chi connectivity index (χ1v) is 14.7. The van der Waals surface area contributed by atoms with Crippen LogP contribution in [0.5, 0.6) is 0 Å². The average molecular weight is 539 g/mol. The Balaban J connectivity index is 1.25. The molecule has 1 aliphatic heterocycles. The predicted octanol–water partition coefficient (Wildman–Crippen LogP) is 7.18. The SMILES string of the molecule is c1ccc(Cc2cnc3cc4nc(-c5ccc(-c6ccncc6)cc5)n(CCCN5CCCCC5)c4cc3n2)cc1. The third-order valence-electron chi connectivity index (χ3n) is 8.15. The highest BCUT2D eigenvalue weighted by Gasteiger charge is 2.16. The van der Waals surface area contributed by atoms with Crippen molar-refractivity contribution < 1.29 is 0 Å². The quantitative estimate of drug-likeness (QED) is 0.206. The van der Waals surface area contributed by atoms with E-state index >= 15 is 0 Å². The fraction of sp³-hybridized carbons (Fsp3) is 0.257. The van der Waals surface area contributed by atoms with Crippen LogP contribution in [0.3, 0.4) is 0 Å². The number of benzene rings is 3. The molecule has 0 radical (unpaired) electrons. The second-order valence-electron chi connectivity index (χ2n) is 11.0. The van der Waals surface area contributed by atoms with Gasteiger partial charge in [-0.1, -0.05) is 61.0 Å². The topological polar surface area (TPSA) is 59.7 Å². The summed E-state index contributed by atoms with van der Waals surface area (Å²) in [5, 5.41) is 0. The normalized spacial score (nSPS) is 14.1. The molecule has 0 unspecified atom stereocenters. The van der Waals surface area contributed by atoms with Crippen LogP contribution in [0.2, 0.25) is 0 Å². The van der Waals surface area contributed by atoms with Gasteiger partial charge in [0.2, 0.25) is 0 Å². The summed E-state index contributed by atoms with van der Waals surface area (Å²) in [6, 6.07) is 27.6. The molecule has 0 aliphatic carbocycles. The van der Waals surface area contributed by atoms with E-state index in [9.17, 15) is 0 Å². The minimum Gasteiger partial charge on any atom is -0.324 e. The monoisotopic (exact) mass is 538 g/mol. The summed E-state index contributed by atoms with van der Waals surface area (Å²) in [6.45, 7) is 4.47. The molecule has 0 saturated carbocycles. The standard InChI is InChI=1S/C35H34N6/c1-3-8-26(9-4-1)22-30-25-37-31-23-33-34(24-32(31)38-30)41(21-7-20-40-18-5-2-6-19-40)35(39-33)29-12-10-27(11-13-29)28-14-16-36-17-15-28/h1,3-4,8-17,23-25H,2,5-7,18-22H2. The van der Waals surface area contributed by atoms with Crippen molar-refractivity contribution in [3.63, 3.8) is 0 Å². The maximum absolute atomic E-state index is 5.16. The van der Waals surface area contributed by atoms with Crippen molar-refractivity contribution >= 4 is 22.1 Å². The van der Waals surface area contributed by atoms with Crippen molar-refractivity contribution in [1.82, 2.24) is 29.4 Å². The smallest absolute Gasteiger partial charge is 0.141 e. The molecule has 7 rings (SSSR count). The number of aryl methyl sites for hydroxylation is 1. The van der Waals surface area contributed by atoms with Gasteiger partial charge in [-0.2, -0.15) is 0 Å². The first kappa shape index (κ1) is 25.5. The van der Waals surface area contributed by atoms with Gasteiger partial charge in [-0.15, -0.1) is 0 Å². The van der Waals surface area contributed by atoms with Crippen LogP contribution in [0.4, 0.5) is 0 Å². The Hall–Kier alpha value is -4.42. The lowest BCUT2D eigenvalue weighted by atomic mass is 10.0. The fourth-order valence-electron chi connectivity index (χ4n) is 6.00. The molecule has 0 N–H and O–H groups in total. The van der Waals surface area contributed by atoms with Crippen LogP contribution in [0, 0.1) is 0 Å². The molecule has 204 valence electrons. The summed E-state index contributed by atoms with van der Waals surface area (Å²) in [6.07, 6.45) is 11.4. The van der Waals surface area contributed by atoms with Gasteiger partial charge in [-0.05, 0) is 79.9 Å². The van der Waals surface area contributed by atoms with Crippen LogP contribution >= 0.6 is 0 Å². The molecular weight excluding hydrogens is 504 g/mol. The zero-order valence-electron chi connectivity index (χ0n) is 23.3. The van der Waals surface area contributed by atoms with Gasteiger partial charge in [0.1, 0.15) is 5.82 Å². The number of nitrogens with zero attached hydrogens (tertiary/aromatic N) is 6. The molecule has 0 spiro atoms. The predicted molar refractivity (Wildman–Crippen MR) is 166 cm³/mol. The summed E-state index contributed by atoms with van der Waals surface area (Å²) in [7, 11) is 0. The lowest BCUT2D eigenvalue weighted by Crippen LogP contribution is -2.31. The van der Waals surface area contributed by atoms with Crippen LogP contribution in [0.25, 0.3) is 44.6 Å². The van der Waals surface area contributed by atoms with Crippen LogP contribution in [0.15, 0.2) is 97.5 Å². The second-order valence-corrected chi connectivity index (χ2v) is 11.0. The zero-order valence-corrected chi connectivity index (χ0v) is 23.3. The van der Waals surface area contributed by atoms with E-state index in [1.54, 1.807) is 0 Å². The van der Waals surface area contributed by atoms with Gasteiger partial charge in [0.05, 0.1) is 27.8 Å². The van der Waals surface area contributed by atoms with E-state index in [0.29, 0.717) is 0 Å². The molecule has 1 saturated heterocycles. The molecule has 41 heavy (non-hydrogen) atoms. The first-order valence-electron chi connectivity index (χ1n) is 14.7. The number of fused-ring (bicyclic) bond motifs is 2. The number of hydrogen-bond donors (Lipinski definition) is 0. The molecule has 6 nitrogen and oxygen atoms in total. The van der Waals surface area contributed by atoms with Crippen molar-refractivity contribution in [1.29, 1.82) is 0 Å². The molecule has 1 aliphatic rings. The third kappa shape index (κ3) is 5.61. The minimum atomic E-state index is 0.770. The Morgan fingerprint density at radius 3 is 2.22 bits per heavy atom. The third-order valence-corrected chi connectivity index (χ3v) is 8.15. The van der Waals surface area contributed by atoms with E-state index in [1.807, 2.05) is 36.8 Å². The molecule has 1 fully saturated rings. The average Bonchev–Trinajstić information content (AvgIpc) is 3.38. The summed E-state index contributed by atoms with van der Waals surface area (Å²) >= 11 is 0. The van der Waals surface area contributed by atoms with Gasteiger partial charge in [0.15, 0.2) is 0 Å². The largest absolute Gasteiger partial charge is 0.324 e. The van der Waals surface area contributed by atoms with Gasteiger partial charge >= 0.3 is 0 Å². The fourth-order valence-corrected chi connectivity index (χ4v) is 6.00. The Morgan fingerprint density at radius 1 is 0.659 bits per heavy atom. The number of aromatic nitrogens is 5. The number of pyridine rings is 1. The number of piperidine rings is 1. The van der Waals surface area contributed by atoms with Gasteiger partial charge in [0.25, 0.3) is 0 Å². The van der Waals surface area contributed by atoms with E-state index in [4.69, 9.17) is 15.0 Å². The molecular formula is C35H34N6. The minimum absolute atomic E-state index is 0.770. The Labute approximate surface area is 240 Å². The highest BCUT2D eigenvalue weighted by atomic mass is 15.1. The maximum atomic E-state index is 5.16. The van der Waals surface area contributed by atoms with Crippen LogP contribution in [-0.2, 0) is 13.0 Å². The van der Waals surface area contributed by atoms with Crippen LogP contribution in [-0.4, -0.2) is 49.0 Å². The number of rotatable bonds is 8. The van der Waals surface area contributed by atoms with Crippen molar-refractivity contribution in [2.45, 2.75) is 38.6 Å². The summed E-state index contributed by atoms with van der Waals surface area (Å²) in [5.74, 6) is 1.000. The molecule has 3 aromatic heterocycles. The molecule has 3 aromatic carbocycles. The van der Waals surface area contributed by atoms with E-state index in [0.717, 1.165) is 70.6 Å². The molecule has 0 amide bonds. The first-order chi connectivity index (χ1) is 20.3. The highest BCUT2D eigenvalue weighted by molar-refractivity contribution is 5.93. The van der Waals surface area contributed by atoms with Crippen molar-refractivity contribution in [2.24, 2.45) is 0 Å². The second kappa shape index (κ2) is 11.6. The van der Waals surface area contributed by atoms with Gasteiger partial charge in [-0.25, -0.2) is 9.97 Å². The van der Waals surface area contributed by atoms with Gasteiger partial charge < -0.3 is 9.47 Å². The van der Waals surface area contributed by atoms with Crippen molar-refractivity contribution in [3.05, 3.63) is 109 Å². The lowest BCUT2D eigenvalue weighted by Gasteiger charge is -2.26. The number of hydrogen-bond acceptors (Lipinski definition) is 5. The van der Waals surface area contributed by atoms with E-state index in [1.165, 1.54) is 43.5 Å². The van der Waals surface area contributed by atoms with Gasteiger partial charge in [-0.3, -0.25) is 9.97 Å². The van der Waals surface area contributed by atoms with Crippen LogP contribution < -0.4 is 0 Å². The van der Waals surface area contributed by atoms with Crippen molar-refractivity contribution in [3.8, 4) is 22.5 Å². The van der Waals surface area contributed by atoms with E-state index < -0.39 is 0 Å². The van der Waals surface area contributed by atoms with Crippen LogP contribution in [0.1, 0.15) is 36.9 Å². The Morgan fingerprint density at radius 2 is 1.41 bits per heavy atom. The molecule has 0 atom stereocenters. The molecule has 6 aromatic rings. The molecule has 0 bridgehead atoms. The van der Waals surface area contributed by atoms with Crippen molar-refractivity contribution in [2.75, 3.05) is 19.6 Å². The molecule has 6 heteroatoms. The van der Waals surface area contributed by atoms with E-state index in [-0.39, 0.29) is 0 Å². The number of imidazole rings is 1. The zero-order chi connectivity index (χ0) is 27.4. The summed E-state index contributed by atoms with van der Waals surface area (Å²) in [4.78, 5) is 21.7. The number of likely N-dealkylation sites (tertiary alicyclic amines) is 1. The summed E-state index contributed by atoms with van der Waals surface area (Å²) in [5.41, 5.74) is 9.56. The Kier molecular flexibility index (Phi) is 7.22. The molecule has 4 heterocycles. The highest BCUT2D eigenvalue weighted by Crippen LogP contribution is 2.30. The lowest BCUT2D eigenvalue weighted by molar-refractivity contribution is 0.223. The maximum Gasteiger partial charge on any atom is 0.141 e. The van der Waals surface area contributed by atoms with Gasteiger partial charge in [0, 0.05) is 37.1 Å². The van der Waals surface area contributed by atoms with E-state index in [2.05, 4.69) is 75.1 Å². The Bertz CT molecular complexity index is 1750.